The van der Waals surface area contributed by atoms with Gasteiger partial charge in [0.05, 0.1) is 4.47 Å². The van der Waals surface area contributed by atoms with Crippen LogP contribution in [0.1, 0.15) is 32.8 Å². The Kier molecular flexibility index (Phi) is 6.30. The van der Waals surface area contributed by atoms with E-state index in [4.69, 9.17) is 21.1 Å². The zero-order valence-corrected chi connectivity index (χ0v) is 16.3. The predicted molar refractivity (Wildman–Crippen MR) is 100 cm³/mol. The number of benzene rings is 2. The van der Waals surface area contributed by atoms with Crippen LogP contribution in [-0.4, -0.2) is 12.6 Å². The fourth-order valence-corrected chi connectivity index (χ4v) is 2.87. The smallest absolute Gasteiger partial charge is 0.349 e. The van der Waals surface area contributed by atoms with Gasteiger partial charge in [-0.1, -0.05) is 44.5 Å². The van der Waals surface area contributed by atoms with Gasteiger partial charge in [0.2, 0.25) is 0 Å². The topological polar surface area (TPSA) is 35.5 Å². The van der Waals surface area contributed by atoms with E-state index in [1.54, 1.807) is 18.2 Å². The number of rotatable bonds is 6. The molecule has 0 aliphatic heterocycles. The summed E-state index contributed by atoms with van der Waals surface area (Å²) in [6, 6.07) is 12.7. The summed E-state index contributed by atoms with van der Waals surface area (Å²) in [5.41, 5.74) is 1.32. The average Bonchev–Trinajstić information content (AvgIpc) is 2.54. The van der Waals surface area contributed by atoms with Crippen LogP contribution < -0.4 is 9.47 Å². The van der Waals surface area contributed by atoms with Gasteiger partial charge in [0.1, 0.15) is 11.5 Å². The average molecular weight is 412 g/mol. The molecular formula is C19H20BrClO3. The zero-order valence-electron chi connectivity index (χ0n) is 13.9. The Labute approximate surface area is 156 Å². The molecule has 0 saturated heterocycles. The lowest BCUT2D eigenvalue weighted by molar-refractivity contribution is -0.136. The zero-order chi connectivity index (χ0) is 17.7. The van der Waals surface area contributed by atoms with Gasteiger partial charge in [-0.25, -0.2) is 4.79 Å². The molecule has 2 aromatic carbocycles. The summed E-state index contributed by atoms with van der Waals surface area (Å²) < 4.78 is 11.4. The number of carbonyl (C=O) groups is 1. The minimum atomic E-state index is -0.459. The van der Waals surface area contributed by atoms with Crippen molar-refractivity contribution in [2.75, 3.05) is 6.61 Å². The minimum Gasteiger partial charge on any atom is -0.481 e. The van der Waals surface area contributed by atoms with E-state index in [-0.39, 0.29) is 12.0 Å². The standard InChI is InChI=1S/C19H20BrClO3/c1-4-19(2,3)13-5-8-15(9-6-13)24-18(22)12-23-17-10-7-14(21)11-16(17)20/h5-11H,4,12H2,1-3H3. The SMILES string of the molecule is CCC(C)(C)c1ccc(OC(=O)COc2ccc(Cl)cc2Br)cc1. The molecule has 0 atom stereocenters. The molecule has 0 aliphatic rings. The molecule has 0 aromatic heterocycles. The lowest BCUT2D eigenvalue weighted by Crippen LogP contribution is -2.18. The summed E-state index contributed by atoms with van der Waals surface area (Å²) in [5, 5.41) is 0.590. The van der Waals surface area contributed by atoms with Crippen LogP contribution in [0.2, 0.25) is 5.02 Å². The Hall–Kier alpha value is -1.52. The molecule has 0 saturated carbocycles. The molecule has 0 heterocycles. The normalized spacial score (nSPS) is 11.2. The van der Waals surface area contributed by atoms with Gasteiger partial charge in [0.25, 0.3) is 0 Å². The molecule has 0 aliphatic carbocycles. The molecule has 2 aromatic rings. The van der Waals surface area contributed by atoms with Crippen LogP contribution in [0.3, 0.4) is 0 Å². The first-order valence-electron chi connectivity index (χ1n) is 7.71. The Bertz CT molecular complexity index is 711. The molecule has 0 fully saturated rings. The number of ether oxygens (including phenoxy) is 2. The Morgan fingerprint density at radius 1 is 1.17 bits per heavy atom. The van der Waals surface area contributed by atoms with Gasteiger partial charge in [0, 0.05) is 5.02 Å². The van der Waals surface area contributed by atoms with Crippen molar-refractivity contribution < 1.29 is 14.3 Å². The molecule has 0 N–H and O–H groups in total. The second-order valence-electron chi connectivity index (χ2n) is 6.10. The van der Waals surface area contributed by atoms with E-state index >= 15 is 0 Å². The van der Waals surface area contributed by atoms with Crippen LogP contribution in [-0.2, 0) is 10.2 Å². The van der Waals surface area contributed by atoms with Crippen molar-refractivity contribution >= 4 is 33.5 Å². The van der Waals surface area contributed by atoms with Crippen molar-refractivity contribution in [3.05, 3.63) is 57.5 Å². The highest BCUT2D eigenvalue weighted by Gasteiger charge is 2.18. The van der Waals surface area contributed by atoms with Crippen molar-refractivity contribution in [2.45, 2.75) is 32.6 Å². The Balaban J connectivity index is 1.92. The highest BCUT2D eigenvalue weighted by atomic mass is 79.9. The maximum atomic E-state index is 11.9. The lowest BCUT2D eigenvalue weighted by Gasteiger charge is -2.23. The van der Waals surface area contributed by atoms with Gasteiger partial charge in [-0.15, -0.1) is 0 Å². The van der Waals surface area contributed by atoms with Crippen molar-refractivity contribution in [1.29, 1.82) is 0 Å². The van der Waals surface area contributed by atoms with E-state index in [1.807, 2.05) is 24.3 Å². The Morgan fingerprint density at radius 3 is 2.42 bits per heavy atom. The molecule has 3 nitrogen and oxygen atoms in total. The van der Waals surface area contributed by atoms with Crippen LogP contribution in [0.5, 0.6) is 11.5 Å². The first kappa shape index (κ1) is 18.8. The number of esters is 1. The van der Waals surface area contributed by atoms with E-state index in [2.05, 4.69) is 36.7 Å². The molecule has 24 heavy (non-hydrogen) atoms. The van der Waals surface area contributed by atoms with E-state index in [9.17, 15) is 4.79 Å². The molecule has 128 valence electrons. The highest BCUT2D eigenvalue weighted by Crippen LogP contribution is 2.29. The van der Waals surface area contributed by atoms with E-state index in [0.717, 1.165) is 6.42 Å². The molecule has 0 spiro atoms. The van der Waals surface area contributed by atoms with Crippen molar-refractivity contribution in [2.24, 2.45) is 0 Å². The summed E-state index contributed by atoms with van der Waals surface area (Å²) in [7, 11) is 0. The van der Waals surface area contributed by atoms with Gasteiger partial charge in [-0.2, -0.15) is 0 Å². The third-order valence-electron chi connectivity index (χ3n) is 3.99. The summed E-state index contributed by atoms with van der Waals surface area (Å²) >= 11 is 9.20. The summed E-state index contributed by atoms with van der Waals surface area (Å²) in [5.74, 6) is 0.588. The number of hydrogen-bond acceptors (Lipinski definition) is 3. The summed E-state index contributed by atoms with van der Waals surface area (Å²) in [4.78, 5) is 11.9. The quantitative estimate of drug-likeness (QED) is 0.447. The number of carbonyl (C=O) groups excluding carboxylic acids is 1. The molecule has 0 unspecified atom stereocenters. The minimum absolute atomic E-state index is 0.104. The maximum Gasteiger partial charge on any atom is 0.349 e. The van der Waals surface area contributed by atoms with Crippen LogP contribution in [0.25, 0.3) is 0 Å². The van der Waals surface area contributed by atoms with Gasteiger partial charge >= 0.3 is 5.97 Å². The van der Waals surface area contributed by atoms with Crippen molar-refractivity contribution in [3.63, 3.8) is 0 Å². The second kappa shape index (κ2) is 8.04. The summed E-state index contributed by atoms with van der Waals surface area (Å²) in [6.07, 6.45) is 1.04. The second-order valence-corrected chi connectivity index (χ2v) is 7.39. The van der Waals surface area contributed by atoms with Gasteiger partial charge in [-0.3, -0.25) is 0 Å². The van der Waals surface area contributed by atoms with Crippen molar-refractivity contribution in [1.82, 2.24) is 0 Å². The fourth-order valence-electron chi connectivity index (χ4n) is 2.07. The molecule has 5 heteroatoms. The van der Waals surface area contributed by atoms with Gasteiger partial charge in [0.15, 0.2) is 6.61 Å². The number of hydrogen-bond donors (Lipinski definition) is 0. The summed E-state index contributed by atoms with van der Waals surface area (Å²) in [6.45, 7) is 6.35. The number of halogens is 2. The maximum absolute atomic E-state index is 11.9. The first-order valence-corrected chi connectivity index (χ1v) is 8.88. The van der Waals surface area contributed by atoms with Gasteiger partial charge in [-0.05, 0) is 63.7 Å². The molecular weight excluding hydrogens is 392 g/mol. The molecule has 0 bridgehead atoms. The largest absolute Gasteiger partial charge is 0.481 e. The van der Waals surface area contributed by atoms with Gasteiger partial charge < -0.3 is 9.47 Å². The highest BCUT2D eigenvalue weighted by molar-refractivity contribution is 9.10. The molecule has 2 rings (SSSR count). The van der Waals surface area contributed by atoms with Crippen LogP contribution in [0, 0.1) is 0 Å². The van der Waals surface area contributed by atoms with E-state index in [1.165, 1.54) is 5.56 Å². The third-order valence-corrected chi connectivity index (χ3v) is 4.85. The molecule has 0 radical (unpaired) electrons. The van der Waals surface area contributed by atoms with Crippen LogP contribution in [0.4, 0.5) is 0 Å². The van der Waals surface area contributed by atoms with Crippen molar-refractivity contribution in [3.8, 4) is 11.5 Å². The monoisotopic (exact) mass is 410 g/mol. The van der Waals surface area contributed by atoms with E-state index < -0.39 is 5.97 Å². The predicted octanol–water partition coefficient (Wildman–Crippen LogP) is 5.77. The van der Waals surface area contributed by atoms with Crippen LogP contribution >= 0.6 is 27.5 Å². The first-order chi connectivity index (χ1) is 11.3. The lowest BCUT2D eigenvalue weighted by atomic mass is 9.82. The van der Waals surface area contributed by atoms with E-state index in [0.29, 0.717) is 21.0 Å². The van der Waals surface area contributed by atoms with Crippen LogP contribution in [0.15, 0.2) is 46.9 Å². The third kappa shape index (κ3) is 4.99. The molecule has 0 amide bonds. The fraction of sp³-hybridized carbons (Fsp3) is 0.316. The Morgan fingerprint density at radius 2 is 1.83 bits per heavy atom.